The van der Waals surface area contributed by atoms with E-state index in [4.69, 9.17) is 5.73 Å². The number of rotatable bonds is 3. The van der Waals surface area contributed by atoms with Crippen molar-refractivity contribution in [2.75, 3.05) is 6.54 Å². The summed E-state index contributed by atoms with van der Waals surface area (Å²) in [6.07, 6.45) is 3.82. The molecule has 0 spiro atoms. The van der Waals surface area contributed by atoms with Crippen LogP contribution < -0.4 is 5.73 Å². The number of piperidine rings is 1. The first kappa shape index (κ1) is 12.5. The van der Waals surface area contributed by atoms with E-state index in [1.54, 1.807) is 0 Å². The molecule has 0 radical (unpaired) electrons. The second-order valence-corrected chi connectivity index (χ2v) is 5.16. The summed E-state index contributed by atoms with van der Waals surface area (Å²) in [4.78, 5) is 7.07. The van der Waals surface area contributed by atoms with Crippen LogP contribution in [0, 0.1) is 6.92 Å². The Balaban J connectivity index is 2.05. The van der Waals surface area contributed by atoms with E-state index in [2.05, 4.69) is 28.9 Å². The van der Waals surface area contributed by atoms with Gasteiger partial charge in [-0.15, -0.1) is 0 Å². The van der Waals surface area contributed by atoms with Crippen LogP contribution in [0.4, 0.5) is 0 Å². The number of pyridine rings is 1. The lowest BCUT2D eigenvalue weighted by Crippen LogP contribution is -2.48. The van der Waals surface area contributed by atoms with E-state index in [1.807, 2.05) is 13.0 Å². The molecule has 0 amide bonds. The van der Waals surface area contributed by atoms with E-state index in [-0.39, 0.29) is 6.04 Å². The highest BCUT2D eigenvalue weighted by atomic mass is 15.2. The van der Waals surface area contributed by atoms with Gasteiger partial charge in [-0.2, -0.15) is 0 Å². The summed E-state index contributed by atoms with van der Waals surface area (Å²) in [7, 11) is 0. The Labute approximate surface area is 104 Å². The van der Waals surface area contributed by atoms with Gasteiger partial charge in [0.25, 0.3) is 0 Å². The van der Waals surface area contributed by atoms with Crippen LogP contribution in [-0.4, -0.2) is 28.5 Å². The number of aryl methyl sites for hydroxylation is 1. The molecule has 2 N–H and O–H groups in total. The Kier molecular flexibility index (Phi) is 4.13. The van der Waals surface area contributed by atoms with Gasteiger partial charge in [0.05, 0.1) is 5.69 Å². The van der Waals surface area contributed by atoms with Gasteiger partial charge in [0.2, 0.25) is 0 Å². The Bertz CT molecular complexity index is 362. The molecule has 1 fully saturated rings. The molecule has 0 bridgehead atoms. The smallest absolute Gasteiger partial charge is 0.0547 e. The highest BCUT2D eigenvalue weighted by Crippen LogP contribution is 2.20. The average Bonchev–Trinajstić information content (AvgIpc) is 2.29. The number of nitrogens with zero attached hydrogens (tertiary/aromatic N) is 2. The van der Waals surface area contributed by atoms with Crippen molar-refractivity contribution in [1.29, 1.82) is 0 Å². The molecule has 17 heavy (non-hydrogen) atoms. The molecule has 1 aromatic rings. The maximum atomic E-state index is 6.08. The minimum Gasteiger partial charge on any atom is -0.327 e. The summed E-state index contributed by atoms with van der Waals surface area (Å²) in [6.45, 7) is 6.26. The van der Waals surface area contributed by atoms with Gasteiger partial charge in [-0.1, -0.05) is 12.5 Å². The average molecular weight is 233 g/mol. The number of hydrogen-bond donors (Lipinski definition) is 1. The van der Waals surface area contributed by atoms with Crippen molar-refractivity contribution in [3.8, 4) is 0 Å². The van der Waals surface area contributed by atoms with Gasteiger partial charge in [-0.3, -0.25) is 9.88 Å². The van der Waals surface area contributed by atoms with Crippen LogP contribution in [0.5, 0.6) is 0 Å². The summed E-state index contributed by atoms with van der Waals surface area (Å²) in [5.74, 6) is 0. The van der Waals surface area contributed by atoms with E-state index in [0.29, 0.717) is 6.04 Å². The zero-order valence-corrected chi connectivity index (χ0v) is 10.9. The standard InChI is InChI=1S/C14H23N3/c1-11-6-5-7-13(16-11)10-17-9-4-3-8-14(17)12(2)15/h5-7,12,14H,3-4,8-10,15H2,1-2H3. The van der Waals surface area contributed by atoms with Crippen LogP contribution in [0.2, 0.25) is 0 Å². The molecule has 2 unspecified atom stereocenters. The number of aromatic nitrogens is 1. The van der Waals surface area contributed by atoms with Crippen molar-refractivity contribution >= 4 is 0 Å². The summed E-state index contributed by atoms with van der Waals surface area (Å²) < 4.78 is 0. The molecule has 3 nitrogen and oxygen atoms in total. The van der Waals surface area contributed by atoms with E-state index in [9.17, 15) is 0 Å². The maximum absolute atomic E-state index is 6.08. The van der Waals surface area contributed by atoms with E-state index >= 15 is 0 Å². The molecule has 1 aliphatic rings. The third kappa shape index (κ3) is 3.27. The molecule has 94 valence electrons. The van der Waals surface area contributed by atoms with Crippen LogP contribution in [-0.2, 0) is 6.54 Å². The van der Waals surface area contributed by atoms with Crippen LogP contribution in [0.25, 0.3) is 0 Å². The minimum absolute atomic E-state index is 0.250. The van der Waals surface area contributed by atoms with E-state index in [0.717, 1.165) is 24.5 Å². The fourth-order valence-electron chi connectivity index (χ4n) is 2.70. The monoisotopic (exact) mass is 233 g/mol. The van der Waals surface area contributed by atoms with Crippen molar-refractivity contribution in [3.63, 3.8) is 0 Å². The molecule has 1 aromatic heterocycles. The van der Waals surface area contributed by atoms with Gasteiger partial charge < -0.3 is 5.73 Å². The SMILES string of the molecule is Cc1cccc(CN2CCCCC2C(C)N)n1. The highest BCUT2D eigenvalue weighted by molar-refractivity contribution is 5.10. The summed E-state index contributed by atoms with van der Waals surface area (Å²) in [5, 5.41) is 0. The molecule has 1 aliphatic heterocycles. The van der Waals surface area contributed by atoms with Gasteiger partial charge in [-0.05, 0) is 45.4 Å². The summed E-state index contributed by atoms with van der Waals surface area (Å²) >= 11 is 0. The first-order valence-corrected chi connectivity index (χ1v) is 6.59. The first-order chi connectivity index (χ1) is 8.16. The topological polar surface area (TPSA) is 42.1 Å². The minimum atomic E-state index is 0.250. The largest absolute Gasteiger partial charge is 0.327 e. The Morgan fingerprint density at radius 2 is 2.29 bits per heavy atom. The van der Waals surface area contributed by atoms with Gasteiger partial charge >= 0.3 is 0 Å². The van der Waals surface area contributed by atoms with E-state index < -0.39 is 0 Å². The molecule has 2 atom stereocenters. The normalized spacial score (nSPS) is 23.6. The van der Waals surface area contributed by atoms with Crippen LogP contribution in [0.15, 0.2) is 18.2 Å². The van der Waals surface area contributed by atoms with Crippen LogP contribution in [0.3, 0.4) is 0 Å². The van der Waals surface area contributed by atoms with Crippen molar-refractivity contribution in [1.82, 2.24) is 9.88 Å². The van der Waals surface area contributed by atoms with Crippen molar-refractivity contribution in [2.24, 2.45) is 5.73 Å². The second kappa shape index (κ2) is 5.61. The van der Waals surface area contributed by atoms with Crippen LogP contribution >= 0.6 is 0 Å². The van der Waals surface area contributed by atoms with Crippen molar-refractivity contribution < 1.29 is 0 Å². The molecule has 2 heterocycles. The lowest BCUT2D eigenvalue weighted by molar-refractivity contribution is 0.121. The van der Waals surface area contributed by atoms with Crippen molar-refractivity contribution in [3.05, 3.63) is 29.6 Å². The molecule has 0 aromatic carbocycles. The fourth-order valence-corrected chi connectivity index (χ4v) is 2.70. The zero-order chi connectivity index (χ0) is 12.3. The molecule has 2 rings (SSSR count). The number of likely N-dealkylation sites (tertiary alicyclic amines) is 1. The maximum Gasteiger partial charge on any atom is 0.0547 e. The highest BCUT2D eigenvalue weighted by Gasteiger charge is 2.25. The molecule has 1 saturated heterocycles. The molecular weight excluding hydrogens is 210 g/mol. The predicted octanol–water partition coefficient (Wildman–Crippen LogP) is 2.09. The molecular formula is C14H23N3. The van der Waals surface area contributed by atoms with Gasteiger partial charge in [0, 0.05) is 24.3 Å². The Hall–Kier alpha value is -0.930. The lowest BCUT2D eigenvalue weighted by Gasteiger charge is -2.37. The third-order valence-corrected chi connectivity index (χ3v) is 3.58. The lowest BCUT2D eigenvalue weighted by atomic mass is 9.97. The zero-order valence-electron chi connectivity index (χ0n) is 10.9. The van der Waals surface area contributed by atoms with Gasteiger partial charge in [0.15, 0.2) is 0 Å². The first-order valence-electron chi connectivity index (χ1n) is 6.59. The van der Waals surface area contributed by atoms with Gasteiger partial charge in [0.1, 0.15) is 0 Å². The van der Waals surface area contributed by atoms with E-state index in [1.165, 1.54) is 19.3 Å². The van der Waals surface area contributed by atoms with Gasteiger partial charge in [-0.25, -0.2) is 0 Å². The molecule has 3 heteroatoms. The predicted molar refractivity (Wildman–Crippen MR) is 70.7 cm³/mol. The quantitative estimate of drug-likeness (QED) is 0.869. The van der Waals surface area contributed by atoms with Crippen LogP contribution in [0.1, 0.15) is 37.6 Å². The van der Waals surface area contributed by atoms with Crippen molar-refractivity contribution in [2.45, 2.75) is 51.7 Å². The molecule has 0 saturated carbocycles. The summed E-state index contributed by atoms with van der Waals surface area (Å²) in [6, 6.07) is 7.01. The summed E-state index contributed by atoms with van der Waals surface area (Å²) in [5.41, 5.74) is 8.34. The molecule has 0 aliphatic carbocycles. The number of hydrogen-bond acceptors (Lipinski definition) is 3. The Morgan fingerprint density at radius 1 is 1.47 bits per heavy atom. The number of nitrogens with two attached hydrogens (primary N) is 1. The second-order valence-electron chi connectivity index (χ2n) is 5.16. The third-order valence-electron chi connectivity index (χ3n) is 3.58. The Morgan fingerprint density at radius 3 is 3.00 bits per heavy atom. The fraction of sp³-hybridized carbons (Fsp3) is 0.643.